The molecule has 2 aromatic carbocycles. The van der Waals surface area contributed by atoms with Crippen LogP contribution in [0.3, 0.4) is 0 Å². The fraction of sp³-hybridized carbons (Fsp3) is 0.478. The summed E-state index contributed by atoms with van der Waals surface area (Å²) < 4.78 is 6.02. The second kappa shape index (κ2) is 8.86. The standard InChI is InChI=1S/C23H28ClNO.ClH/c1-2-25-14-6-5-12-23(25)13-11-18-15-21(10-9-19(18)16-23)26-17-20-7-3-4-8-22(20)24;/h3-4,7-10,15H,2,5-6,11-14,16-17H2,1H3;1H. The van der Waals surface area contributed by atoms with Gasteiger partial charge in [0.1, 0.15) is 12.4 Å². The maximum absolute atomic E-state index is 6.23. The van der Waals surface area contributed by atoms with Crippen LogP contribution in [0.15, 0.2) is 42.5 Å². The summed E-state index contributed by atoms with van der Waals surface area (Å²) in [6.45, 7) is 5.28. The fourth-order valence-electron chi connectivity index (χ4n) is 4.81. The fourth-order valence-corrected chi connectivity index (χ4v) is 5.00. The Morgan fingerprint density at radius 1 is 1.07 bits per heavy atom. The van der Waals surface area contributed by atoms with E-state index in [1.165, 1.54) is 56.3 Å². The van der Waals surface area contributed by atoms with E-state index in [2.05, 4.69) is 30.0 Å². The van der Waals surface area contributed by atoms with E-state index in [-0.39, 0.29) is 12.4 Å². The number of rotatable bonds is 4. The number of halogens is 2. The van der Waals surface area contributed by atoms with E-state index in [1.807, 2.05) is 24.3 Å². The molecule has 146 valence electrons. The van der Waals surface area contributed by atoms with Gasteiger partial charge in [-0.1, -0.05) is 49.2 Å². The number of fused-ring (bicyclic) bond motifs is 1. The minimum Gasteiger partial charge on any atom is -0.489 e. The molecule has 4 heteroatoms. The molecule has 4 rings (SSSR count). The Bertz CT molecular complexity index is 779. The Hall–Kier alpha value is -1.22. The molecule has 1 saturated heterocycles. The van der Waals surface area contributed by atoms with Gasteiger partial charge in [-0.3, -0.25) is 4.90 Å². The Morgan fingerprint density at radius 2 is 1.93 bits per heavy atom. The van der Waals surface area contributed by atoms with Gasteiger partial charge in [-0.25, -0.2) is 0 Å². The van der Waals surface area contributed by atoms with Gasteiger partial charge in [-0.15, -0.1) is 12.4 Å². The van der Waals surface area contributed by atoms with Gasteiger partial charge >= 0.3 is 0 Å². The molecule has 27 heavy (non-hydrogen) atoms. The molecular weight excluding hydrogens is 377 g/mol. The van der Waals surface area contributed by atoms with Crippen molar-refractivity contribution in [3.63, 3.8) is 0 Å². The van der Waals surface area contributed by atoms with Crippen molar-refractivity contribution < 1.29 is 4.74 Å². The second-order valence-electron chi connectivity index (χ2n) is 7.75. The van der Waals surface area contributed by atoms with Gasteiger partial charge in [0.25, 0.3) is 0 Å². The van der Waals surface area contributed by atoms with Crippen molar-refractivity contribution in [3.05, 3.63) is 64.2 Å². The monoisotopic (exact) mass is 405 g/mol. The number of hydrogen-bond acceptors (Lipinski definition) is 2. The first-order chi connectivity index (χ1) is 12.7. The molecule has 0 amide bonds. The van der Waals surface area contributed by atoms with E-state index >= 15 is 0 Å². The molecule has 2 nitrogen and oxygen atoms in total. The lowest BCUT2D eigenvalue weighted by Gasteiger charge is -2.50. The number of nitrogens with zero attached hydrogens (tertiary/aromatic N) is 1. The lowest BCUT2D eigenvalue weighted by atomic mass is 9.72. The van der Waals surface area contributed by atoms with Crippen molar-refractivity contribution in [2.45, 2.75) is 57.6 Å². The van der Waals surface area contributed by atoms with Crippen LogP contribution in [-0.4, -0.2) is 23.5 Å². The topological polar surface area (TPSA) is 12.5 Å². The van der Waals surface area contributed by atoms with Crippen molar-refractivity contribution in [2.24, 2.45) is 0 Å². The summed E-state index contributed by atoms with van der Waals surface area (Å²) in [6, 6.07) is 14.6. The molecule has 2 aromatic rings. The van der Waals surface area contributed by atoms with Crippen LogP contribution < -0.4 is 4.74 Å². The number of likely N-dealkylation sites (N-methyl/N-ethyl adjacent to an activating group) is 1. The summed E-state index contributed by atoms with van der Waals surface area (Å²) in [6.07, 6.45) is 7.73. The predicted octanol–water partition coefficient (Wildman–Crippen LogP) is 6.07. The van der Waals surface area contributed by atoms with Gasteiger partial charge in [0.2, 0.25) is 0 Å². The van der Waals surface area contributed by atoms with E-state index in [0.717, 1.165) is 22.8 Å². The van der Waals surface area contributed by atoms with Crippen LogP contribution in [0.5, 0.6) is 5.75 Å². The molecule has 1 heterocycles. The third kappa shape index (κ3) is 4.29. The Labute approximate surface area is 174 Å². The molecule has 0 N–H and O–H groups in total. The zero-order chi connectivity index (χ0) is 18.0. The lowest BCUT2D eigenvalue weighted by Crippen LogP contribution is -2.54. The van der Waals surface area contributed by atoms with Crippen LogP contribution in [0.4, 0.5) is 0 Å². The van der Waals surface area contributed by atoms with Crippen LogP contribution in [0.1, 0.15) is 49.3 Å². The molecule has 0 saturated carbocycles. The highest BCUT2D eigenvalue weighted by molar-refractivity contribution is 6.31. The minimum absolute atomic E-state index is 0. The summed E-state index contributed by atoms with van der Waals surface area (Å²) in [5.41, 5.74) is 4.42. The Morgan fingerprint density at radius 3 is 2.74 bits per heavy atom. The van der Waals surface area contributed by atoms with Crippen LogP contribution in [0, 0.1) is 0 Å². The van der Waals surface area contributed by atoms with Crippen molar-refractivity contribution in [1.82, 2.24) is 4.90 Å². The van der Waals surface area contributed by atoms with Crippen LogP contribution >= 0.6 is 24.0 Å². The SMILES string of the molecule is CCN1CCCCC12CCc1cc(OCc3ccccc3Cl)ccc1C2.Cl. The summed E-state index contributed by atoms with van der Waals surface area (Å²) in [4.78, 5) is 2.74. The summed E-state index contributed by atoms with van der Waals surface area (Å²) >= 11 is 6.23. The van der Waals surface area contributed by atoms with Crippen molar-refractivity contribution >= 4 is 24.0 Å². The summed E-state index contributed by atoms with van der Waals surface area (Å²) in [5.74, 6) is 0.954. The van der Waals surface area contributed by atoms with Crippen LogP contribution in [0.2, 0.25) is 5.02 Å². The number of aryl methyl sites for hydroxylation is 1. The van der Waals surface area contributed by atoms with Gasteiger partial charge in [0, 0.05) is 16.1 Å². The smallest absolute Gasteiger partial charge is 0.120 e. The lowest BCUT2D eigenvalue weighted by molar-refractivity contribution is 0.0389. The predicted molar refractivity (Wildman–Crippen MR) is 115 cm³/mol. The maximum Gasteiger partial charge on any atom is 0.120 e. The first-order valence-corrected chi connectivity index (χ1v) is 10.3. The van der Waals surface area contributed by atoms with Gasteiger partial charge in [0.05, 0.1) is 0 Å². The number of piperidine rings is 1. The molecule has 0 aromatic heterocycles. The average Bonchev–Trinajstić information content (AvgIpc) is 2.68. The largest absolute Gasteiger partial charge is 0.489 e. The van der Waals surface area contributed by atoms with Crippen molar-refractivity contribution in [1.29, 1.82) is 0 Å². The molecule has 0 bridgehead atoms. The van der Waals surface area contributed by atoms with Crippen LogP contribution in [-0.2, 0) is 19.4 Å². The molecule has 2 aliphatic rings. The first-order valence-electron chi connectivity index (χ1n) is 9.93. The molecule has 1 fully saturated rings. The molecular formula is C23H29Cl2NO. The Kier molecular flexibility index (Phi) is 6.73. The molecule has 1 aliphatic heterocycles. The number of ether oxygens (including phenoxy) is 1. The molecule has 1 aliphatic carbocycles. The zero-order valence-corrected chi connectivity index (χ0v) is 17.6. The van der Waals surface area contributed by atoms with Gasteiger partial charge in [-0.05, 0) is 74.5 Å². The zero-order valence-electron chi connectivity index (χ0n) is 16.0. The van der Waals surface area contributed by atoms with Crippen molar-refractivity contribution in [3.8, 4) is 5.75 Å². The quantitative estimate of drug-likeness (QED) is 0.611. The summed E-state index contributed by atoms with van der Waals surface area (Å²) in [7, 11) is 0. The van der Waals surface area contributed by atoms with Crippen LogP contribution in [0.25, 0.3) is 0 Å². The van der Waals surface area contributed by atoms with Crippen molar-refractivity contribution in [2.75, 3.05) is 13.1 Å². The van der Waals surface area contributed by atoms with E-state index in [0.29, 0.717) is 12.1 Å². The van der Waals surface area contributed by atoms with Gasteiger partial charge < -0.3 is 4.74 Å². The first kappa shape index (κ1) is 20.5. The number of benzene rings is 2. The maximum atomic E-state index is 6.23. The second-order valence-corrected chi connectivity index (χ2v) is 8.16. The highest BCUT2D eigenvalue weighted by Crippen LogP contribution is 2.40. The summed E-state index contributed by atoms with van der Waals surface area (Å²) in [5, 5.41) is 0.768. The minimum atomic E-state index is 0. The highest BCUT2D eigenvalue weighted by atomic mass is 35.5. The number of likely N-dealkylation sites (tertiary alicyclic amines) is 1. The highest BCUT2D eigenvalue weighted by Gasteiger charge is 2.40. The molecule has 0 radical (unpaired) electrons. The molecule has 1 spiro atoms. The molecule has 1 atom stereocenters. The third-order valence-corrected chi connectivity index (χ3v) is 6.65. The Balaban J connectivity index is 0.00000210. The average molecular weight is 406 g/mol. The van der Waals surface area contributed by atoms with E-state index in [4.69, 9.17) is 16.3 Å². The third-order valence-electron chi connectivity index (χ3n) is 6.28. The van der Waals surface area contributed by atoms with Gasteiger partial charge in [-0.2, -0.15) is 0 Å². The van der Waals surface area contributed by atoms with Gasteiger partial charge in [0.15, 0.2) is 0 Å². The normalized spacial score (nSPS) is 22.1. The van der Waals surface area contributed by atoms with E-state index in [1.54, 1.807) is 0 Å². The molecule has 1 unspecified atom stereocenters. The van der Waals surface area contributed by atoms with E-state index < -0.39 is 0 Å². The van der Waals surface area contributed by atoms with E-state index in [9.17, 15) is 0 Å². The number of hydrogen-bond donors (Lipinski definition) is 0.